The monoisotopic (exact) mass is 235 g/mol. The molecule has 1 heterocycles. The quantitative estimate of drug-likeness (QED) is 0.669. The zero-order chi connectivity index (χ0) is 12.4. The third kappa shape index (κ3) is 1.98. The van der Waals surface area contributed by atoms with Crippen molar-refractivity contribution in [2.75, 3.05) is 5.73 Å². The number of nitrogens with zero attached hydrogens (tertiary/aromatic N) is 1. The molecule has 0 fully saturated rings. The molecule has 0 amide bonds. The van der Waals surface area contributed by atoms with Crippen molar-refractivity contribution in [1.29, 1.82) is 0 Å². The van der Waals surface area contributed by atoms with Gasteiger partial charge in [0.05, 0.1) is 5.52 Å². The van der Waals surface area contributed by atoms with Gasteiger partial charge in [-0.25, -0.2) is 0 Å². The summed E-state index contributed by atoms with van der Waals surface area (Å²) in [5, 5.41) is 7.84. The summed E-state index contributed by atoms with van der Waals surface area (Å²) in [6, 6.07) is 16.3. The van der Waals surface area contributed by atoms with E-state index >= 15 is 0 Å². The van der Waals surface area contributed by atoms with Crippen molar-refractivity contribution in [2.45, 2.75) is 0 Å². The number of hydrogen-bond donors (Lipinski definition) is 2. The van der Waals surface area contributed by atoms with Gasteiger partial charge >= 0.3 is 0 Å². The van der Waals surface area contributed by atoms with Crippen molar-refractivity contribution < 1.29 is 0 Å². The Balaban J connectivity index is 1.95. The fourth-order valence-corrected chi connectivity index (χ4v) is 1.91. The van der Waals surface area contributed by atoms with E-state index in [9.17, 15) is 0 Å². The first-order valence-electron chi connectivity index (χ1n) is 5.80. The van der Waals surface area contributed by atoms with Crippen LogP contribution in [0.2, 0.25) is 0 Å². The average molecular weight is 235 g/mol. The molecule has 0 spiro atoms. The number of aromatic nitrogens is 2. The van der Waals surface area contributed by atoms with Crippen LogP contribution in [-0.4, -0.2) is 10.2 Å². The van der Waals surface area contributed by atoms with Gasteiger partial charge in [-0.15, -0.1) is 0 Å². The van der Waals surface area contributed by atoms with Gasteiger partial charge in [-0.2, -0.15) is 5.10 Å². The first kappa shape index (κ1) is 10.6. The summed E-state index contributed by atoms with van der Waals surface area (Å²) in [4.78, 5) is 0. The molecule has 3 heteroatoms. The number of anilines is 1. The number of benzene rings is 2. The minimum Gasteiger partial charge on any atom is -0.382 e. The van der Waals surface area contributed by atoms with Crippen molar-refractivity contribution in [2.24, 2.45) is 0 Å². The normalized spacial score (nSPS) is 11.3. The second-order valence-electron chi connectivity index (χ2n) is 4.16. The molecule has 18 heavy (non-hydrogen) atoms. The molecular formula is C15H13N3. The van der Waals surface area contributed by atoms with Gasteiger partial charge in [0, 0.05) is 5.39 Å². The Bertz CT molecular complexity index is 696. The fraction of sp³-hybridized carbons (Fsp3) is 0. The molecular weight excluding hydrogens is 222 g/mol. The van der Waals surface area contributed by atoms with Crippen LogP contribution >= 0.6 is 0 Å². The standard InChI is InChI=1S/C15H13N3/c16-15-13-10-12(8-9-14(13)17-18-15)7-6-11-4-2-1-3-5-11/h1-10H,(H3,16,17,18)/b7-6+. The van der Waals surface area contributed by atoms with Gasteiger partial charge in [-0.05, 0) is 23.3 Å². The molecule has 0 aliphatic carbocycles. The molecule has 0 atom stereocenters. The van der Waals surface area contributed by atoms with Crippen LogP contribution in [0.4, 0.5) is 5.82 Å². The molecule has 3 aromatic rings. The van der Waals surface area contributed by atoms with Crippen LogP contribution in [0, 0.1) is 0 Å². The van der Waals surface area contributed by atoms with Gasteiger partial charge in [0.15, 0.2) is 5.82 Å². The number of H-pyrrole nitrogens is 1. The molecule has 0 saturated carbocycles. The highest BCUT2D eigenvalue weighted by Gasteiger charge is 2.01. The number of fused-ring (bicyclic) bond motifs is 1. The van der Waals surface area contributed by atoms with Crippen LogP contribution in [0.1, 0.15) is 11.1 Å². The molecule has 1 aromatic heterocycles. The number of aromatic amines is 1. The first-order valence-corrected chi connectivity index (χ1v) is 5.80. The molecule has 0 saturated heterocycles. The largest absolute Gasteiger partial charge is 0.382 e. The van der Waals surface area contributed by atoms with Gasteiger partial charge in [0.2, 0.25) is 0 Å². The van der Waals surface area contributed by atoms with Gasteiger partial charge in [0.1, 0.15) is 0 Å². The molecule has 3 N–H and O–H groups in total. The zero-order valence-corrected chi connectivity index (χ0v) is 9.80. The van der Waals surface area contributed by atoms with Crippen LogP contribution in [0.15, 0.2) is 48.5 Å². The van der Waals surface area contributed by atoms with E-state index in [1.807, 2.05) is 36.4 Å². The molecule has 2 aromatic carbocycles. The summed E-state index contributed by atoms with van der Waals surface area (Å²) in [7, 11) is 0. The number of hydrogen-bond acceptors (Lipinski definition) is 2. The van der Waals surface area contributed by atoms with Crippen molar-refractivity contribution in [3.8, 4) is 0 Å². The molecule has 3 nitrogen and oxygen atoms in total. The van der Waals surface area contributed by atoms with Crippen LogP contribution in [-0.2, 0) is 0 Å². The first-order chi connectivity index (χ1) is 8.83. The Morgan fingerprint density at radius 1 is 0.944 bits per heavy atom. The van der Waals surface area contributed by atoms with Gasteiger partial charge in [-0.1, -0.05) is 48.6 Å². The van der Waals surface area contributed by atoms with Crippen LogP contribution in [0.5, 0.6) is 0 Å². The molecule has 0 aliphatic rings. The molecule has 3 rings (SSSR count). The van der Waals surface area contributed by atoms with E-state index in [1.165, 1.54) is 5.56 Å². The Labute approximate surface area is 105 Å². The number of rotatable bonds is 2. The second kappa shape index (κ2) is 4.37. The highest BCUT2D eigenvalue weighted by Crippen LogP contribution is 2.20. The molecule has 0 aliphatic heterocycles. The lowest BCUT2D eigenvalue weighted by molar-refractivity contribution is 1.13. The topological polar surface area (TPSA) is 54.7 Å². The van der Waals surface area contributed by atoms with Crippen LogP contribution < -0.4 is 5.73 Å². The average Bonchev–Trinajstić information content (AvgIpc) is 2.79. The molecule has 88 valence electrons. The van der Waals surface area contributed by atoms with E-state index in [0.29, 0.717) is 5.82 Å². The molecule has 0 radical (unpaired) electrons. The van der Waals surface area contributed by atoms with E-state index in [-0.39, 0.29) is 0 Å². The lowest BCUT2D eigenvalue weighted by Gasteiger charge is -1.95. The summed E-state index contributed by atoms with van der Waals surface area (Å²) in [6.07, 6.45) is 4.15. The van der Waals surface area contributed by atoms with Crippen LogP contribution in [0.25, 0.3) is 23.1 Å². The highest BCUT2D eigenvalue weighted by atomic mass is 15.1. The number of nitrogen functional groups attached to an aromatic ring is 1. The van der Waals surface area contributed by atoms with Crippen molar-refractivity contribution in [1.82, 2.24) is 10.2 Å². The maximum absolute atomic E-state index is 5.79. The minimum atomic E-state index is 0.542. The zero-order valence-electron chi connectivity index (χ0n) is 9.80. The van der Waals surface area contributed by atoms with E-state index in [1.54, 1.807) is 0 Å². The predicted octanol–water partition coefficient (Wildman–Crippen LogP) is 3.32. The number of nitrogens with one attached hydrogen (secondary N) is 1. The van der Waals surface area contributed by atoms with E-state index in [4.69, 9.17) is 5.73 Å². The summed E-state index contributed by atoms with van der Waals surface area (Å²) in [5.74, 6) is 0.542. The molecule has 0 bridgehead atoms. The Morgan fingerprint density at radius 2 is 1.72 bits per heavy atom. The summed E-state index contributed by atoms with van der Waals surface area (Å²) < 4.78 is 0. The van der Waals surface area contributed by atoms with Crippen LogP contribution in [0.3, 0.4) is 0 Å². The van der Waals surface area contributed by atoms with Gasteiger partial charge in [0.25, 0.3) is 0 Å². The van der Waals surface area contributed by atoms with E-state index in [0.717, 1.165) is 16.5 Å². The Hall–Kier alpha value is -2.55. The summed E-state index contributed by atoms with van der Waals surface area (Å²) in [6.45, 7) is 0. The highest BCUT2D eigenvalue weighted by molar-refractivity contribution is 5.91. The maximum Gasteiger partial charge on any atom is 0.153 e. The second-order valence-corrected chi connectivity index (χ2v) is 4.16. The Kier molecular flexibility index (Phi) is 2.57. The lowest BCUT2D eigenvalue weighted by atomic mass is 10.1. The third-order valence-electron chi connectivity index (χ3n) is 2.88. The van der Waals surface area contributed by atoms with Gasteiger partial charge in [-0.3, -0.25) is 5.10 Å². The Morgan fingerprint density at radius 3 is 2.56 bits per heavy atom. The minimum absolute atomic E-state index is 0.542. The summed E-state index contributed by atoms with van der Waals surface area (Å²) in [5.41, 5.74) is 9.04. The van der Waals surface area contributed by atoms with Gasteiger partial charge < -0.3 is 5.73 Å². The predicted molar refractivity (Wildman–Crippen MR) is 75.9 cm³/mol. The smallest absolute Gasteiger partial charge is 0.153 e. The third-order valence-corrected chi connectivity index (χ3v) is 2.88. The van der Waals surface area contributed by atoms with Crippen molar-refractivity contribution in [3.05, 3.63) is 59.7 Å². The van der Waals surface area contributed by atoms with E-state index in [2.05, 4.69) is 34.5 Å². The van der Waals surface area contributed by atoms with Crippen molar-refractivity contribution >= 4 is 28.9 Å². The number of nitrogens with two attached hydrogens (primary N) is 1. The molecule has 0 unspecified atom stereocenters. The summed E-state index contributed by atoms with van der Waals surface area (Å²) >= 11 is 0. The SMILES string of the molecule is Nc1n[nH]c2ccc(/C=C/c3ccccc3)cc12. The maximum atomic E-state index is 5.79. The van der Waals surface area contributed by atoms with Crippen molar-refractivity contribution in [3.63, 3.8) is 0 Å². The lowest BCUT2D eigenvalue weighted by Crippen LogP contribution is -1.83. The fourth-order valence-electron chi connectivity index (χ4n) is 1.91. The van der Waals surface area contributed by atoms with E-state index < -0.39 is 0 Å².